The van der Waals surface area contributed by atoms with Crippen molar-refractivity contribution in [2.24, 2.45) is 5.92 Å². The van der Waals surface area contributed by atoms with Crippen molar-refractivity contribution < 1.29 is 0 Å². The van der Waals surface area contributed by atoms with E-state index in [1.165, 1.54) is 5.56 Å². The number of benzene rings is 1. The van der Waals surface area contributed by atoms with Gasteiger partial charge in [-0.05, 0) is 29.9 Å². The molecule has 62 valence electrons. The summed E-state index contributed by atoms with van der Waals surface area (Å²) in [4.78, 5) is 0. The van der Waals surface area contributed by atoms with Crippen LogP contribution in [0.5, 0.6) is 0 Å². The Morgan fingerprint density at radius 1 is 1.25 bits per heavy atom. The molecule has 12 heavy (non-hydrogen) atoms. The summed E-state index contributed by atoms with van der Waals surface area (Å²) < 4.78 is 0. The average molecular weight is 159 g/mol. The maximum Gasteiger partial charge on any atom is 0.0391 e. The zero-order valence-electron chi connectivity index (χ0n) is 7.30. The smallest absolute Gasteiger partial charge is 0.0391 e. The van der Waals surface area contributed by atoms with E-state index >= 15 is 0 Å². The molecule has 0 saturated carbocycles. The van der Waals surface area contributed by atoms with Gasteiger partial charge in [-0.3, -0.25) is 0 Å². The minimum atomic E-state index is 0.646. The van der Waals surface area contributed by atoms with Crippen LogP contribution in [-0.4, -0.2) is 5.71 Å². The van der Waals surface area contributed by atoms with E-state index in [1.54, 1.807) is 0 Å². The summed E-state index contributed by atoms with van der Waals surface area (Å²) in [6.07, 6.45) is 2.08. The fourth-order valence-corrected chi connectivity index (χ4v) is 1.90. The lowest BCUT2D eigenvalue weighted by molar-refractivity contribution is 0.591. The zero-order chi connectivity index (χ0) is 8.55. The molecule has 0 radical (unpaired) electrons. The minimum absolute atomic E-state index is 0.646. The first-order valence-corrected chi connectivity index (χ1v) is 4.43. The molecular formula is C11H13N. The summed E-state index contributed by atoms with van der Waals surface area (Å²) in [6, 6.07) is 8.27. The average Bonchev–Trinajstić information content (AvgIpc) is 2.04. The first-order chi connectivity index (χ1) is 5.77. The van der Waals surface area contributed by atoms with Gasteiger partial charge in [-0.25, -0.2) is 0 Å². The fourth-order valence-electron chi connectivity index (χ4n) is 1.90. The van der Waals surface area contributed by atoms with Crippen molar-refractivity contribution >= 4 is 5.71 Å². The highest BCUT2D eigenvalue weighted by Gasteiger charge is 2.18. The van der Waals surface area contributed by atoms with Crippen molar-refractivity contribution in [3.8, 4) is 0 Å². The molecule has 1 nitrogen and oxygen atoms in total. The van der Waals surface area contributed by atoms with E-state index < -0.39 is 0 Å². The molecule has 1 aliphatic rings. The van der Waals surface area contributed by atoms with Gasteiger partial charge in [0.2, 0.25) is 0 Å². The van der Waals surface area contributed by atoms with Gasteiger partial charge in [-0.1, -0.05) is 31.2 Å². The van der Waals surface area contributed by atoms with Gasteiger partial charge >= 0.3 is 0 Å². The largest absolute Gasteiger partial charge is 0.305 e. The Labute approximate surface area is 72.9 Å². The lowest BCUT2D eigenvalue weighted by atomic mass is 9.84. The summed E-state index contributed by atoms with van der Waals surface area (Å²) in [7, 11) is 0. The monoisotopic (exact) mass is 159 g/mol. The second kappa shape index (κ2) is 2.74. The molecule has 1 N–H and O–H groups in total. The fraction of sp³-hybridized carbons (Fsp3) is 0.364. The predicted molar refractivity (Wildman–Crippen MR) is 50.8 cm³/mol. The molecule has 0 aromatic heterocycles. The topological polar surface area (TPSA) is 23.9 Å². The van der Waals surface area contributed by atoms with Crippen LogP contribution in [0.4, 0.5) is 0 Å². The van der Waals surface area contributed by atoms with Gasteiger partial charge in [-0.15, -0.1) is 0 Å². The summed E-state index contributed by atoms with van der Waals surface area (Å²) in [5.74, 6) is 0.646. The molecular weight excluding hydrogens is 146 g/mol. The van der Waals surface area contributed by atoms with E-state index in [-0.39, 0.29) is 0 Å². The Kier molecular flexibility index (Phi) is 1.72. The highest BCUT2D eigenvalue weighted by molar-refractivity contribution is 6.00. The number of rotatable bonds is 0. The maximum atomic E-state index is 7.80. The van der Waals surface area contributed by atoms with Crippen molar-refractivity contribution in [2.75, 3.05) is 0 Å². The SMILES string of the molecule is CC1CC(=N)c2ccccc2C1. The molecule has 2 rings (SSSR count). The van der Waals surface area contributed by atoms with Crippen LogP contribution in [-0.2, 0) is 6.42 Å². The lowest BCUT2D eigenvalue weighted by Gasteiger charge is -2.21. The van der Waals surface area contributed by atoms with Crippen LogP contribution in [0, 0.1) is 11.3 Å². The normalized spacial score (nSPS) is 22.1. The van der Waals surface area contributed by atoms with Crippen LogP contribution in [0.1, 0.15) is 24.5 Å². The summed E-state index contributed by atoms with van der Waals surface area (Å²) in [5.41, 5.74) is 3.32. The van der Waals surface area contributed by atoms with Crippen molar-refractivity contribution in [3.05, 3.63) is 35.4 Å². The minimum Gasteiger partial charge on any atom is -0.305 e. The lowest BCUT2D eigenvalue weighted by Crippen LogP contribution is -2.17. The zero-order valence-corrected chi connectivity index (χ0v) is 7.30. The molecule has 0 spiro atoms. The first kappa shape index (κ1) is 7.53. The third kappa shape index (κ3) is 1.15. The summed E-state index contributed by atoms with van der Waals surface area (Å²) in [6.45, 7) is 2.21. The quantitative estimate of drug-likeness (QED) is 0.601. The molecule has 0 bridgehead atoms. The molecule has 1 unspecified atom stereocenters. The Balaban J connectivity index is 2.47. The summed E-state index contributed by atoms with van der Waals surface area (Å²) >= 11 is 0. The van der Waals surface area contributed by atoms with Crippen LogP contribution < -0.4 is 0 Å². The van der Waals surface area contributed by atoms with Crippen LogP contribution in [0.2, 0.25) is 0 Å². The van der Waals surface area contributed by atoms with Gasteiger partial charge in [0.25, 0.3) is 0 Å². The van der Waals surface area contributed by atoms with Crippen LogP contribution >= 0.6 is 0 Å². The van der Waals surface area contributed by atoms with E-state index in [0.717, 1.165) is 24.1 Å². The molecule has 1 aromatic carbocycles. The highest BCUT2D eigenvalue weighted by atomic mass is 14.4. The Hall–Kier alpha value is -1.11. The third-order valence-electron chi connectivity index (χ3n) is 2.46. The molecule has 0 aliphatic heterocycles. The van der Waals surface area contributed by atoms with Gasteiger partial charge < -0.3 is 5.41 Å². The molecule has 1 aliphatic carbocycles. The number of hydrogen-bond donors (Lipinski definition) is 1. The summed E-state index contributed by atoms with van der Waals surface area (Å²) in [5, 5.41) is 7.80. The van der Waals surface area contributed by atoms with Crippen LogP contribution in [0.25, 0.3) is 0 Å². The van der Waals surface area contributed by atoms with E-state index in [9.17, 15) is 0 Å². The molecule has 1 atom stereocenters. The van der Waals surface area contributed by atoms with Gasteiger partial charge in [0.15, 0.2) is 0 Å². The van der Waals surface area contributed by atoms with Gasteiger partial charge in [-0.2, -0.15) is 0 Å². The Bertz CT molecular complexity index is 315. The number of fused-ring (bicyclic) bond motifs is 1. The molecule has 0 fully saturated rings. The molecule has 0 saturated heterocycles. The highest BCUT2D eigenvalue weighted by Crippen LogP contribution is 2.24. The van der Waals surface area contributed by atoms with Gasteiger partial charge in [0, 0.05) is 5.71 Å². The van der Waals surface area contributed by atoms with Gasteiger partial charge in [0.05, 0.1) is 0 Å². The van der Waals surface area contributed by atoms with Crippen molar-refractivity contribution in [2.45, 2.75) is 19.8 Å². The van der Waals surface area contributed by atoms with E-state index in [1.807, 2.05) is 6.07 Å². The standard InChI is InChI=1S/C11H13N/c1-8-6-9-4-2-3-5-10(9)11(12)7-8/h2-5,8,12H,6-7H2,1H3. The number of nitrogens with one attached hydrogen (secondary N) is 1. The van der Waals surface area contributed by atoms with Crippen molar-refractivity contribution in [1.82, 2.24) is 0 Å². The van der Waals surface area contributed by atoms with Gasteiger partial charge in [0.1, 0.15) is 0 Å². The Morgan fingerprint density at radius 3 is 2.83 bits per heavy atom. The second-order valence-electron chi connectivity index (χ2n) is 3.65. The maximum absolute atomic E-state index is 7.80. The van der Waals surface area contributed by atoms with E-state index in [2.05, 4.69) is 25.1 Å². The van der Waals surface area contributed by atoms with Crippen molar-refractivity contribution in [1.29, 1.82) is 5.41 Å². The molecule has 0 heterocycles. The number of hydrogen-bond acceptors (Lipinski definition) is 1. The molecule has 1 heteroatoms. The third-order valence-corrected chi connectivity index (χ3v) is 2.46. The Morgan fingerprint density at radius 2 is 2.00 bits per heavy atom. The van der Waals surface area contributed by atoms with Crippen molar-refractivity contribution in [3.63, 3.8) is 0 Å². The second-order valence-corrected chi connectivity index (χ2v) is 3.65. The molecule has 1 aromatic rings. The first-order valence-electron chi connectivity index (χ1n) is 4.43. The van der Waals surface area contributed by atoms with Crippen LogP contribution in [0.3, 0.4) is 0 Å². The predicted octanol–water partition coefficient (Wildman–Crippen LogP) is 2.64. The van der Waals surface area contributed by atoms with Crippen LogP contribution in [0.15, 0.2) is 24.3 Å². The van der Waals surface area contributed by atoms with E-state index in [0.29, 0.717) is 5.92 Å². The van der Waals surface area contributed by atoms with E-state index in [4.69, 9.17) is 5.41 Å². The molecule has 0 amide bonds.